The van der Waals surface area contributed by atoms with Crippen LogP contribution in [0.5, 0.6) is 0 Å². The number of nitrogens with two attached hydrogens (primary N) is 1. The zero-order valence-electron chi connectivity index (χ0n) is 17.9. The molecule has 1 aliphatic carbocycles. The highest BCUT2D eigenvalue weighted by atomic mass is 16.3. The number of nitrogen functional groups attached to an aromatic ring is 1. The summed E-state index contributed by atoms with van der Waals surface area (Å²) >= 11 is 0. The Balaban J connectivity index is 1.61. The van der Waals surface area contributed by atoms with Crippen molar-refractivity contribution < 1.29 is 15.0 Å². The molecule has 0 aliphatic heterocycles. The maximum absolute atomic E-state index is 13.1. The van der Waals surface area contributed by atoms with Gasteiger partial charge in [-0.05, 0) is 61.4 Å². The summed E-state index contributed by atoms with van der Waals surface area (Å²) in [6, 6.07) is 6.92. The molecule has 5 N–H and O–H groups in total. The zero-order valence-corrected chi connectivity index (χ0v) is 17.9. The first-order valence-electron chi connectivity index (χ1n) is 10.5. The molecule has 3 aromatic rings. The Bertz CT molecular complexity index is 1110. The molecule has 166 valence electrons. The van der Waals surface area contributed by atoms with Gasteiger partial charge in [-0.25, -0.2) is 4.98 Å². The van der Waals surface area contributed by atoms with E-state index >= 15 is 0 Å². The van der Waals surface area contributed by atoms with E-state index in [1.807, 2.05) is 13.0 Å². The third kappa shape index (κ3) is 4.17. The van der Waals surface area contributed by atoms with E-state index in [9.17, 15) is 15.0 Å². The highest BCUT2D eigenvalue weighted by molar-refractivity contribution is 6.06. The van der Waals surface area contributed by atoms with Crippen LogP contribution < -0.4 is 11.1 Å². The molecule has 3 aromatic heterocycles. The van der Waals surface area contributed by atoms with E-state index in [-0.39, 0.29) is 23.2 Å². The summed E-state index contributed by atoms with van der Waals surface area (Å²) in [5.41, 5.74) is 7.88. The number of carbonyl (C=O) groups excluding carboxylic acids is 1. The van der Waals surface area contributed by atoms with Gasteiger partial charge in [-0.1, -0.05) is 6.92 Å². The number of aromatic nitrogens is 4. The Morgan fingerprint density at radius 2 is 1.97 bits per heavy atom. The Kier molecular flexibility index (Phi) is 5.86. The number of aliphatic hydroxyl groups excluding tert-OH is 1. The molecule has 3 heterocycles. The number of pyridine rings is 2. The fourth-order valence-corrected chi connectivity index (χ4v) is 4.15. The molecular weight excluding hydrogens is 408 g/mol. The van der Waals surface area contributed by atoms with Crippen molar-refractivity contribution in [2.75, 3.05) is 11.1 Å². The molecule has 0 aromatic carbocycles. The van der Waals surface area contributed by atoms with Crippen LogP contribution in [0.2, 0.25) is 0 Å². The molecule has 1 saturated carbocycles. The van der Waals surface area contributed by atoms with Gasteiger partial charge in [0.25, 0.3) is 5.91 Å². The molecule has 1 fully saturated rings. The van der Waals surface area contributed by atoms with Crippen molar-refractivity contribution in [3.63, 3.8) is 0 Å². The molecule has 0 saturated heterocycles. The third-order valence-electron chi connectivity index (χ3n) is 6.38. The van der Waals surface area contributed by atoms with Crippen LogP contribution in [0.15, 0.2) is 49.1 Å². The Hall–Kier alpha value is -3.43. The van der Waals surface area contributed by atoms with Crippen molar-refractivity contribution in [1.82, 2.24) is 20.2 Å². The lowest BCUT2D eigenvalue weighted by molar-refractivity contribution is -0.123. The van der Waals surface area contributed by atoms with Gasteiger partial charge in [-0.3, -0.25) is 9.78 Å². The summed E-state index contributed by atoms with van der Waals surface area (Å²) in [5.74, 6) is -0.619. The van der Waals surface area contributed by atoms with Gasteiger partial charge in [0.15, 0.2) is 5.69 Å². The van der Waals surface area contributed by atoms with Gasteiger partial charge in [0.1, 0.15) is 0 Å². The minimum atomic E-state index is -1.15. The SMILES string of the molecule is C[C@H]1C[C@@H](c2ccncc2NC(=O)c2nc(-c3ccnnc3)ccc2N)C[C@@H](O)[C@]1(C)O. The summed E-state index contributed by atoms with van der Waals surface area (Å²) in [6.45, 7) is 3.58. The Morgan fingerprint density at radius 3 is 2.69 bits per heavy atom. The number of hydrogen-bond acceptors (Lipinski definition) is 8. The topological polar surface area (TPSA) is 147 Å². The number of nitrogens with one attached hydrogen (secondary N) is 1. The van der Waals surface area contributed by atoms with Crippen LogP contribution >= 0.6 is 0 Å². The lowest BCUT2D eigenvalue weighted by Crippen LogP contribution is -2.49. The molecule has 4 rings (SSSR count). The molecule has 1 aliphatic rings. The van der Waals surface area contributed by atoms with Crippen molar-refractivity contribution in [3.8, 4) is 11.3 Å². The summed E-state index contributed by atoms with van der Waals surface area (Å²) in [5, 5.41) is 31.5. The van der Waals surface area contributed by atoms with Crippen molar-refractivity contribution in [2.45, 2.75) is 44.3 Å². The number of amides is 1. The van der Waals surface area contributed by atoms with Gasteiger partial charge < -0.3 is 21.3 Å². The number of carbonyl (C=O) groups is 1. The first kappa shape index (κ1) is 21.8. The lowest BCUT2D eigenvalue weighted by Gasteiger charge is -2.43. The smallest absolute Gasteiger partial charge is 0.276 e. The summed E-state index contributed by atoms with van der Waals surface area (Å²) in [7, 11) is 0. The number of rotatable bonds is 4. The molecule has 0 spiro atoms. The van der Waals surface area contributed by atoms with Crippen molar-refractivity contribution in [1.29, 1.82) is 0 Å². The molecule has 9 heteroatoms. The second-order valence-electron chi connectivity index (χ2n) is 8.49. The van der Waals surface area contributed by atoms with Crippen LogP contribution in [-0.2, 0) is 0 Å². The quantitative estimate of drug-likeness (QED) is 0.489. The molecule has 0 radical (unpaired) electrons. The van der Waals surface area contributed by atoms with Gasteiger partial charge in [-0.15, -0.1) is 0 Å². The monoisotopic (exact) mass is 434 g/mol. The number of hydrogen-bond donors (Lipinski definition) is 4. The van der Waals surface area contributed by atoms with Gasteiger partial charge in [0, 0.05) is 11.8 Å². The van der Waals surface area contributed by atoms with E-state index in [2.05, 4.69) is 25.5 Å². The Morgan fingerprint density at radius 1 is 1.16 bits per heavy atom. The highest BCUT2D eigenvalue weighted by Crippen LogP contribution is 2.43. The summed E-state index contributed by atoms with van der Waals surface area (Å²) in [6.07, 6.45) is 6.52. The molecular formula is C23H26N6O3. The maximum atomic E-state index is 13.1. The highest BCUT2D eigenvalue weighted by Gasteiger charge is 2.43. The average Bonchev–Trinajstić information content (AvgIpc) is 2.78. The van der Waals surface area contributed by atoms with Gasteiger partial charge in [0.05, 0.1) is 47.4 Å². The second kappa shape index (κ2) is 8.60. The first-order chi connectivity index (χ1) is 15.3. The van der Waals surface area contributed by atoms with Gasteiger partial charge in [-0.2, -0.15) is 10.2 Å². The Labute approximate surface area is 185 Å². The molecule has 9 nitrogen and oxygen atoms in total. The van der Waals surface area contributed by atoms with E-state index in [1.165, 1.54) is 0 Å². The molecule has 32 heavy (non-hydrogen) atoms. The fourth-order valence-electron chi connectivity index (χ4n) is 4.15. The normalized spacial score (nSPS) is 25.3. The van der Waals surface area contributed by atoms with Crippen LogP contribution in [0.4, 0.5) is 11.4 Å². The number of nitrogens with zero attached hydrogens (tertiary/aromatic N) is 4. The second-order valence-corrected chi connectivity index (χ2v) is 8.49. The van der Waals surface area contributed by atoms with Gasteiger partial charge >= 0.3 is 0 Å². The summed E-state index contributed by atoms with van der Waals surface area (Å²) < 4.78 is 0. The van der Waals surface area contributed by atoms with Crippen molar-refractivity contribution in [2.24, 2.45) is 5.92 Å². The molecule has 0 unspecified atom stereocenters. The predicted molar refractivity (Wildman–Crippen MR) is 120 cm³/mol. The number of aliphatic hydroxyl groups is 2. The van der Waals surface area contributed by atoms with Crippen LogP contribution in [-0.4, -0.2) is 48.0 Å². The van der Waals surface area contributed by atoms with Crippen molar-refractivity contribution in [3.05, 3.63) is 60.3 Å². The molecule has 0 bridgehead atoms. The zero-order chi connectivity index (χ0) is 22.9. The maximum Gasteiger partial charge on any atom is 0.276 e. The van der Waals surface area contributed by atoms with Crippen LogP contribution in [0, 0.1) is 5.92 Å². The van der Waals surface area contributed by atoms with E-state index in [4.69, 9.17) is 5.73 Å². The fraction of sp³-hybridized carbons (Fsp3) is 0.348. The minimum Gasteiger partial charge on any atom is -0.397 e. The lowest BCUT2D eigenvalue weighted by atomic mass is 9.69. The van der Waals surface area contributed by atoms with E-state index in [0.29, 0.717) is 29.8 Å². The van der Waals surface area contributed by atoms with E-state index < -0.39 is 17.6 Å². The first-order valence-corrected chi connectivity index (χ1v) is 10.5. The van der Waals surface area contributed by atoms with Gasteiger partial charge in [0.2, 0.25) is 0 Å². The van der Waals surface area contributed by atoms with Crippen LogP contribution in [0.3, 0.4) is 0 Å². The average molecular weight is 435 g/mol. The standard InChI is InChI=1S/C23H26N6O3/c1-13-9-15(10-20(30)23(13,2)32)16-6-7-25-12-19(16)29-22(31)21-17(24)3-4-18(28-21)14-5-8-26-27-11-14/h3-8,11-13,15,20,30,32H,9-10,24H2,1-2H3,(H,29,31)/t13-,15+,20+,23+/m0/s1. The third-order valence-corrected chi connectivity index (χ3v) is 6.38. The minimum absolute atomic E-state index is 0.0435. The summed E-state index contributed by atoms with van der Waals surface area (Å²) in [4.78, 5) is 21.7. The number of anilines is 2. The van der Waals surface area contributed by atoms with Crippen LogP contribution in [0.25, 0.3) is 11.3 Å². The molecule has 1 amide bonds. The van der Waals surface area contributed by atoms with E-state index in [1.54, 1.807) is 49.9 Å². The largest absolute Gasteiger partial charge is 0.397 e. The predicted octanol–water partition coefficient (Wildman–Crippen LogP) is 2.39. The van der Waals surface area contributed by atoms with Crippen LogP contribution in [0.1, 0.15) is 48.7 Å². The van der Waals surface area contributed by atoms with E-state index in [0.717, 1.165) is 5.56 Å². The molecule has 4 atom stereocenters. The van der Waals surface area contributed by atoms with Crippen molar-refractivity contribution >= 4 is 17.3 Å².